The highest BCUT2D eigenvalue weighted by Gasteiger charge is 2.22. The Morgan fingerprint density at radius 3 is 2.60 bits per heavy atom. The number of likely N-dealkylation sites (tertiary alicyclic amines) is 1. The highest BCUT2D eigenvalue weighted by atomic mass is 15.1. The molecule has 1 saturated heterocycles. The zero-order chi connectivity index (χ0) is 14.2. The van der Waals surface area contributed by atoms with E-state index in [4.69, 9.17) is 0 Å². The number of hydrogen-bond acceptors (Lipinski definition) is 2. The summed E-state index contributed by atoms with van der Waals surface area (Å²) in [7, 11) is 0. The molecule has 2 unspecified atom stereocenters. The third kappa shape index (κ3) is 6.13. The Kier molecular flexibility index (Phi) is 7.37. The molecule has 1 N–H and O–H groups in total. The molecule has 2 heteroatoms. The maximum Gasteiger partial charge on any atom is 0.00697 e. The van der Waals surface area contributed by atoms with Gasteiger partial charge in [-0.3, -0.25) is 0 Å². The van der Waals surface area contributed by atoms with Gasteiger partial charge in [-0.25, -0.2) is 0 Å². The zero-order valence-electron chi connectivity index (χ0n) is 13.9. The molecule has 1 aliphatic heterocycles. The molecule has 118 valence electrons. The molecule has 0 aromatic carbocycles. The van der Waals surface area contributed by atoms with E-state index in [1.807, 2.05) is 0 Å². The molecule has 0 radical (unpaired) electrons. The minimum Gasteiger partial charge on any atom is -0.314 e. The molecule has 2 nitrogen and oxygen atoms in total. The molecule has 0 aromatic rings. The first-order valence-electron chi connectivity index (χ1n) is 9.20. The lowest BCUT2D eigenvalue weighted by Crippen LogP contribution is -2.37. The van der Waals surface area contributed by atoms with E-state index in [0.29, 0.717) is 0 Å². The average molecular weight is 280 g/mol. The average Bonchev–Trinajstić information content (AvgIpc) is 2.44. The highest BCUT2D eigenvalue weighted by Crippen LogP contribution is 2.29. The van der Waals surface area contributed by atoms with Gasteiger partial charge in [0.2, 0.25) is 0 Å². The van der Waals surface area contributed by atoms with Crippen LogP contribution in [-0.4, -0.2) is 37.1 Å². The van der Waals surface area contributed by atoms with Crippen LogP contribution in [0.3, 0.4) is 0 Å². The molecule has 2 fully saturated rings. The lowest BCUT2D eigenvalue weighted by atomic mass is 9.81. The minimum absolute atomic E-state index is 0.814. The van der Waals surface area contributed by atoms with Gasteiger partial charge in [-0.1, -0.05) is 33.1 Å². The van der Waals surface area contributed by atoms with Gasteiger partial charge in [0.1, 0.15) is 0 Å². The summed E-state index contributed by atoms with van der Waals surface area (Å²) in [5, 5.41) is 3.84. The molecule has 1 aliphatic carbocycles. The van der Waals surface area contributed by atoms with Gasteiger partial charge in [0.15, 0.2) is 0 Å². The molecule has 0 bridgehead atoms. The zero-order valence-corrected chi connectivity index (χ0v) is 13.9. The summed E-state index contributed by atoms with van der Waals surface area (Å²) in [5.41, 5.74) is 0. The van der Waals surface area contributed by atoms with Crippen molar-refractivity contribution in [1.82, 2.24) is 10.2 Å². The van der Waals surface area contributed by atoms with E-state index in [1.54, 1.807) is 0 Å². The number of hydrogen-bond donors (Lipinski definition) is 1. The molecular formula is C18H36N2. The Hall–Kier alpha value is -0.0800. The summed E-state index contributed by atoms with van der Waals surface area (Å²) < 4.78 is 0. The first-order chi connectivity index (χ1) is 9.74. The normalized spacial score (nSPS) is 28.9. The van der Waals surface area contributed by atoms with Crippen molar-refractivity contribution < 1.29 is 0 Å². The second-order valence-corrected chi connectivity index (χ2v) is 7.57. The molecule has 1 saturated carbocycles. The van der Waals surface area contributed by atoms with Crippen molar-refractivity contribution in [1.29, 1.82) is 0 Å². The molecule has 1 heterocycles. The fraction of sp³-hybridized carbons (Fsp3) is 1.00. The Balaban J connectivity index is 1.54. The monoisotopic (exact) mass is 280 g/mol. The summed E-state index contributed by atoms with van der Waals surface area (Å²) in [6.45, 7) is 9.98. The lowest BCUT2D eigenvalue weighted by molar-refractivity contribution is 0.218. The second-order valence-electron chi connectivity index (χ2n) is 7.57. The SMILES string of the molecule is CC(C)CC1CCCC(NCCCN2CCCCC2)C1. The van der Waals surface area contributed by atoms with Crippen LogP contribution in [0, 0.1) is 11.8 Å². The second kappa shape index (κ2) is 9.04. The molecule has 0 aromatic heterocycles. The predicted molar refractivity (Wildman–Crippen MR) is 88.1 cm³/mol. The Bertz CT molecular complexity index is 246. The van der Waals surface area contributed by atoms with Gasteiger partial charge in [0.25, 0.3) is 0 Å². The topological polar surface area (TPSA) is 15.3 Å². The van der Waals surface area contributed by atoms with Gasteiger partial charge >= 0.3 is 0 Å². The number of piperidine rings is 1. The largest absolute Gasteiger partial charge is 0.314 e. The predicted octanol–water partition coefficient (Wildman–Crippen LogP) is 4.06. The van der Waals surface area contributed by atoms with E-state index >= 15 is 0 Å². The Labute approximate surface area is 126 Å². The molecule has 20 heavy (non-hydrogen) atoms. The summed E-state index contributed by atoms with van der Waals surface area (Å²) in [6.07, 6.45) is 12.8. The van der Waals surface area contributed by atoms with E-state index in [-0.39, 0.29) is 0 Å². The fourth-order valence-corrected chi connectivity index (χ4v) is 4.15. The number of rotatable bonds is 7. The van der Waals surface area contributed by atoms with Crippen molar-refractivity contribution in [2.24, 2.45) is 11.8 Å². The van der Waals surface area contributed by atoms with Crippen LogP contribution in [0.15, 0.2) is 0 Å². The molecule has 0 spiro atoms. The van der Waals surface area contributed by atoms with Crippen LogP contribution < -0.4 is 5.32 Å². The van der Waals surface area contributed by atoms with Gasteiger partial charge in [0, 0.05) is 6.04 Å². The van der Waals surface area contributed by atoms with Crippen molar-refractivity contribution in [3.8, 4) is 0 Å². The van der Waals surface area contributed by atoms with Crippen LogP contribution >= 0.6 is 0 Å². The first kappa shape index (κ1) is 16.3. The standard InChI is InChI=1S/C18H36N2/c1-16(2)14-17-8-6-9-18(15-17)19-10-7-13-20-11-4-3-5-12-20/h16-19H,3-15H2,1-2H3. The minimum atomic E-state index is 0.814. The highest BCUT2D eigenvalue weighted by molar-refractivity contribution is 4.78. The Morgan fingerprint density at radius 2 is 1.85 bits per heavy atom. The van der Waals surface area contributed by atoms with Crippen LogP contribution in [0.4, 0.5) is 0 Å². The molecule has 2 atom stereocenters. The summed E-state index contributed by atoms with van der Waals surface area (Å²) >= 11 is 0. The van der Waals surface area contributed by atoms with E-state index in [2.05, 4.69) is 24.1 Å². The van der Waals surface area contributed by atoms with Crippen LogP contribution in [0.25, 0.3) is 0 Å². The summed E-state index contributed by atoms with van der Waals surface area (Å²) in [5.74, 6) is 1.86. The van der Waals surface area contributed by atoms with Crippen LogP contribution in [0.5, 0.6) is 0 Å². The van der Waals surface area contributed by atoms with Crippen molar-refractivity contribution >= 4 is 0 Å². The van der Waals surface area contributed by atoms with Crippen LogP contribution in [0.1, 0.15) is 71.6 Å². The van der Waals surface area contributed by atoms with E-state index in [1.165, 1.54) is 84.0 Å². The molecule has 2 aliphatic rings. The van der Waals surface area contributed by atoms with Crippen LogP contribution in [-0.2, 0) is 0 Å². The van der Waals surface area contributed by atoms with Gasteiger partial charge in [-0.05, 0) is 76.5 Å². The lowest BCUT2D eigenvalue weighted by Gasteiger charge is -2.31. The van der Waals surface area contributed by atoms with Gasteiger partial charge in [0.05, 0.1) is 0 Å². The third-order valence-corrected chi connectivity index (χ3v) is 5.12. The van der Waals surface area contributed by atoms with Crippen molar-refractivity contribution in [3.63, 3.8) is 0 Å². The maximum absolute atomic E-state index is 3.84. The first-order valence-corrected chi connectivity index (χ1v) is 9.20. The third-order valence-electron chi connectivity index (χ3n) is 5.12. The fourth-order valence-electron chi connectivity index (χ4n) is 4.15. The quantitative estimate of drug-likeness (QED) is 0.708. The van der Waals surface area contributed by atoms with E-state index in [0.717, 1.165) is 17.9 Å². The number of nitrogens with zero attached hydrogens (tertiary/aromatic N) is 1. The van der Waals surface area contributed by atoms with Crippen molar-refractivity contribution in [2.75, 3.05) is 26.2 Å². The Morgan fingerprint density at radius 1 is 1.05 bits per heavy atom. The van der Waals surface area contributed by atoms with Gasteiger partial charge < -0.3 is 10.2 Å². The van der Waals surface area contributed by atoms with Crippen molar-refractivity contribution in [2.45, 2.75) is 77.7 Å². The summed E-state index contributed by atoms with van der Waals surface area (Å²) in [4.78, 5) is 2.66. The molecule has 2 rings (SSSR count). The van der Waals surface area contributed by atoms with Gasteiger partial charge in [-0.15, -0.1) is 0 Å². The van der Waals surface area contributed by atoms with E-state index < -0.39 is 0 Å². The summed E-state index contributed by atoms with van der Waals surface area (Å²) in [6, 6.07) is 0.814. The smallest absolute Gasteiger partial charge is 0.00697 e. The van der Waals surface area contributed by atoms with Gasteiger partial charge in [-0.2, -0.15) is 0 Å². The van der Waals surface area contributed by atoms with Crippen molar-refractivity contribution in [3.05, 3.63) is 0 Å². The molecular weight excluding hydrogens is 244 g/mol. The number of nitrogens with one attached hydrogen (secondary N) is 1. The van der Waals surface area contributed by atoms with Crippen LogP contribution in [0.2, 0.25) is 0 Å². The van der Waals surface area contributed by atoms with E-state index in [9.17, 15) is 0 Å². The molecule has 0 amide bonds. The maximum atomic E-state index is 3.84.